The van der Waals surface area contributed by atoms with Gasteiger partial charge < -0.3 is 5.32 Å². The van der Waals surface area contributed by atoms with Crippen LogP contribution in [0.3, 0.4) is 0 Å². The molecule has 1 aliphatic heterocycles. The molecule has 0 aromatic heterocycles. The van der Waals surface area contributed by atoms with Crippen molar-refractivity contribution in [3.8, 4) is 0 Å². The number of aryl methyl sites for hydroxylation is 1. The van der Waals surface area contributed by atoms with E-state index < -0.39 is 10.0 Å². The van der Waals surface area contributed by atoms with Crippen LogP contribution in [0.5, 0.6) is 0 Å². The van der Waals surface area contributed by atoms with Gasteiger partial charge >= 0.3 is 0 Å². The predicted molar refractivity (Wildman–Crippen MR) is 77.0 cm³/mol. The second-order valence-corrected chi connectivity index (χ2v) is 7.21. The van der Waals surface area contributed by atoms with Gasteiger partial charge in [0.1, 0.15) is 4.90 Å². The summed E-state index contributed by atoms with van der Waals surface area (Å²) in [5, 5.41) is 3.48. The van der Waals surface area contributed by atoms with Crippen LogP contribution in [0.2, 0.25) is 5.02 Å². The minimum Gasteiger partial charge on any atom is -0.317 e. The van der Waals surface area contributed by atoms with Crippen LogP contribution in [0.25, 0.3) is 0 Å². The summed E-state index contributed by atoms with van der Waals surface area (Å²) in [5.74, 6) is 0. The maximum absolute atomic E-state index is 12.6. The number of nitrogens with zero attached hydrogens (tertiary/aromatic N) is 1. The first-order valence-electron chi connectivity index (χ1n) is 6.38. The molecule has 6 heteroatoms. The van der Waals surface area contributed by atoms with Crippen molar-refractivity contribution in [2.24, 2.45) is 0 Å². The summed E-state index contributed by atoms with van der Waals surface area (Å²) in [6, 6.07) is 5.50. The highest BCUT2D eigenvalue weighted by Gasteiger charge is 2.30. The minimum atomic E-state index is -3.47. The lowest BCUT2D eigenvalue weighted by molar-refractivity contribution is 0.298. The molecule has 1 N–H and O–H groups in total. The quantitative estimate of drug-likeness (QED) is 0.929. The minimum absolute atomic E-state index is 0.220. The summed E-state index contributed by atoms with van der Waals surface area (Å²) < 4.78 is 26.7. The van der Waals surface area contributed by atoms with E-state index in [4.69, 9.17) is 11.6 Å². The van der Waals surface area contributed by atoms with Crippen molar-refractivity contribution in [1.82, 2.24) is 9.62 Å². The molecule has 0 aliphatic carbocycles. The Labute approximate surface area is 119 Å². The second kappa shape index (κ2) is 5.79. The highest BCUT2D eigenvalue weighted by molar-refractivity contribution is 7.89. The zero-order valence-corrected chi connectivity index (χ0v) is 12.8. The van der Waals surface area contributed by atoms with Crippen molar-refractivity contribution in [2.45, 2.75) is 30.7 Å². The lowest BCUT2D eigenvalue weighted by Crippen LogP contribution is -2.43. The van der Waals surface area contributed by atoms with Gasteiger partial charge in [-0.15, -0.1) is 0 Å². The van der Waals surface area contributed by atoms with Crippen molar-refractivity contribution in [1.29, 1.82) is 0 Å². The van der Waals surface area contributed by atoms with Gasteiger partial charge in [0.2, 0.25) is 10.0 Å². The van der Waals surface area contributed by atoms with Crippen molar-refractivity contribution < 1.29 is 8.42 Å². The zero-order valence-electron chi connectivity index (χ0n) is 11.2. The van der Waals surface area contributed by atoms with Gasteiger partial charge in [0.05, 0.1) is 5.02 Å². The van der Waals surface area contributed by atoms with Gasteiger partial charge in [-0.25, -0.2) is 8.42 Å². The Hall–Kier alpha value is -0.620. The molecule has 0 spiro atoms. The lowest BCUT2D eigenvalue weighted by Gasteiger charge is -2.31. The normalized spacial score (nSPS) is 18.7. The third kappa shape index (κ3) is 3.11. The maximum Gasteiger partial charge on any atom is 0.244 e. The standard InChI is InChI=1S/C13H19ClN2O2S/c1-10-3-4-12(14)13(9-10)19(17,18)16-7-5-11(15-2)6-8-16/h3-4,9,11,15H,5-8H2,1-2H3. The van der Waals surface area contributed by atoms with E-state index in [1.165, 1.54) is 4.31 Å². The first kappa shape index (κ1) is 14.8. The molecule has 1 saturated heterocycles. The van der Waals surface area contributed by atoms with Crippen LogP contribution in [0.1, 0.15) is 18.4 Å². The molecule has 0 saturated carbocycles. The molecule has 0 amide bonds. The Morgan fingerprint density at radius 3 is 2.53 bits per heavy atom. The van der Waals surface area contributed by atoms with Crippen molar-refractivity contribution in [2.75, 3.05) is 20.1 Å². The SMILES string of the molecule is CNC1CCN(S(=O)(=O)c2cc(C)ccc2Cl)CC1. The molecule has 1 aliphatic rings. The van der Waals surface area contributed by atoms with Gasteiger partial charge in [-0.3, -0.25) is 0 Å². The number of halogens is 1. The van der Waals surface area contributed by atoms with Gasteiger partial charge in [-0.05, 0) is 44.5 Å². The summed E-state index contributed by atoms with van der Waals surface area (Å²) in [7, 11) is -1.56. The van der Waals surface area contributed by atoms with E-state index in [9.17, 15) is 8.42 Å². The van der Waals surface area contributed by atoms with Crippen molar-refractivity contribution >= 4 is 21.6 Å². The Balaban J connectivity index is 2.26. The highest BCUT2D eigenvalue weighted by Crippen LogP contribution is 2.27. The fourth-order valence-electron chi connectivity index (χ4n) is 2.33. The third-order valence-electron chi connectivity index (χ3n) is 3.57. The molecule has 0 atom stereocenters. The Kier molecular flexibility index (Phi) is 4.50. The van der Waals surface area contributed by atoms with E-state index in [1.807, 2.05) is 20.0 Å². The molecular weight excluding hydrogens is 284 g/mol. The van der Waals surface area contributed by atoms with Crippen LogP contribution in [-0.4, -0.2) is 38.9 Å². The molecule has 0 bridgehead atoms. The molecule has 0 radical (unpaired) electrons. The fraction of sp³-hybridized carbons (Fsp3) is 0.538. The Morgan fingerprint density at radius 1 is 1.32 bits per heavy atom. The number of nitrogens with one attached hydrogen (secondary N) is 1. The number of rotatable bonds is 3. The van der Waals surface area contributed by atoms with E-state index in [2.05, 4.69) is 5.32 Å². The summed E-state index contributed by atoms with van der Waals surface area (Å²) in [5.41, 5.74) is 0.896. The van der Waals surface area contributed by atoms with E-state index in [0.717, 1.165) is 18.4 Å². The molecule has 4 nitrogen and oxygen atoms in total. The molecule has 1 aromatic carbocycles. The Morgan fingerprint density at radius 2 is 1.95 bits per heavy atom. The number of hydrogen-bond acceptors (Lipinski definition) is 3. The summed E-state index contributed by atoms with van der Waals surface area (Å²) in [4.78, 5) is 0.220. The van der Waals surface area contributed by atoms with Gasteiger partial charge in [-0.1, -0.05) is 17.7 Å². The average Bonchev–Trinajstić information content (AvgIpc) is 2.41. The molecule has 1 fully saturated rings. The second-order valence-electron chi connectivity index (χ2n) is 4.90. The first-order valence-corrected chi connectivity index (χ1v) is 8.20. The van der Waals surface area contributed by atoms with Crippen LogP contribution >= 0.6 is 11.6 Å². The molecule has 1 heterocycles. The number of sulfonamides is 1. The van der Waals surface area contributed by atoms with Crippen LogP contribution in [0.4, 0.5) is 0 Å². The summed E-state index contributed by atoms with van der Waals surface area (Å²) in [6.07, 6.45) is 1.67. The maximum atomic E-state index is 12.6. The molecule has 1 aromatic rings. The fourth-order valence-corrected chi connectivity index (χ4v) is 4.36. The van der Waals surface area contributed by atoms with Crippen LogP contribution in [0.15, 0.2) is 23.1 Å². The molecule has 19 heavy (non-hydrogen) atoms. The molecular formula is C13H19ClN2O2S. The van der Waals surface area contributed by atoms with Crippen molar-refractivity contribution in [3.05, 3.63) is 28.8 Å². The number of benzene rings is 1. The predicted octanol–water partition coefficient (Wildman–Crippen LogP) is 2.02. The topological polar surface area (TPSA) is 49.4 Å². The van der Waals surface area contributed by atoms with E-state index in [0.29, 0.717) is 24.2 Å². The summed E-state index contributed by atoms with van der Waals surface area (Å²) in [6.45, 7) is 2.94. The Bertz CT molecular complexity index is 552. The summed E-state index contributed by atoms with van der Waals surface area (Å²) >= 11 is 6.04. The van der Waals surface area contributed by atoms with E-state index in [1.54, 1.807) is 12.1 Å². The van der Waals surface area contributed by atoms with Gasteiger partial charge in [0, 0.05) is 19.1 Å². The monoisotopic (exact) mass is 302 g/mol. The number of piperidine rings is 1. The number of hydrogen-bond donors (Lipinski definition) is 1. The average molecular weight is 303 g/mol. The largest absolute Gasteiger partial charge is 0.317 e. The van der Waals surface area contributed by atoms with Crippen LogP contribution in [0, 0.1) is 6.92 Å². The van der Waals surface area contributed by atoms with Crippen LogP contribution in [-0.2, 0) is 10.0 Å². The zero-order chi connectivity index (χ0) is 14.0. The van der Waals surface area contributed by atoms with Gasteiger partial charge in [0.15, 0.2) is 0 Å². The first-order chi connectivity index (χ1) is 8.95. The highest BCUT2D eigenvalue weighted by atomic mass is 35.5. The molecule has 2 rings (SSSR count). The molecule has 106 valence electrons. The van der Waals surface area contributed by atoms with Crippen LogP contribution < -0.4 is 5.32 Å². The van der Waals surface area contributed by atoms with E-state index in [-0.39, 0.29) is 4.90 Å². The van der Waals surface area contributed by atoms with Gasteiger partial charge in [-0.2, -0.15) is 4.31 Å². The molecule has 0 unspecified atom stereocenters. The third-order valence-corrected chi connectivity index (χ3v) is 5.95. The lowest BCUT2D eigenvalue weighted by atomic mass is 10.1. The smallest absolute Gasteiger partial charge is 0.244 e. The van der Waals surface area contributed by atoms with E-state index >= 15 is 0 Å². The van der Waals surface area contributed by atoms with Crippen molar-refractivity contribution in [3.63, 3.8) is 0 Å². The van der Waals surface area contributed by atoms with Gasteiger partial charge in [0.25, 0.3) is 0 Å².